The van der Waals surface area contributed by atoms with Gasteiger partial charge in [-0.25, -0.2) is 9.48 Å². The van der Waals surface area contributed by atoms with Gasteiger partial charge in [-0.1, -0.05) is 23.7 Å². The zero-order valence-electron chi connectivity index (χ0n) is 21.3. The predicted molar refractivity (Wildman–Crippen MR) is 147 cm³/mol. The Morgan fingerprint density at radius 1 is 1.05 bits per heavy atom. The molecule has 200 valence electrons. The van der Waals surface area contributed by atoms with Crippen LogP contribution in [0.5, 0.6) is 0 Å². The van der Waals surface area contributed by atoms with Crippen LogP contribution in [0.4, 0.5) is 10.5 Å². The van der Waals surface area contributed by atoms with Crippen LogP contribution in [0.15, 0.2) is 60.9 Å². The van der Waals surface area contributed by atoms with Gasteiger partial charge in [0.2, 0.25) is 0 Å². The van der Waals surface area contributed by atoms with Crippen LogP contribution in [-0.2, 0) is 22.4 Å². The van der Waals surface area contributed by atoms with Crippen molar-refractivity contribution in [2.45, 2.75) is 38.5 Å². The third-order valence-corrected chi connectivity index (χ3v) is 7.30. The van der Waals surface area contributed by atoms with Crippen molar-refractivity contribution in [3.05, 3.63) is 88.3 Å². The smallest absolute Gasteiger partial charge is 0.414 e. The van der Waals surface area contributed by atoms with Gasteiger partial charge in [0.15, 0.2) is 6.23 Å². The number of nitrogens with zero attached hydrogens (tertiary/aromatic N) is 4. The summed E-state index contributed by atoms with van der Waals surface area (Å²) in [4.78, 5) is 30.8. The highest BCUT2D eigenvalue weighted by Gasteiger charge is 2.24. The molecule has 10 heteroatoms. The average molecular weight is 546 g/mol. The van der Waals surface area contributed by atoms with Gasteiger partial charge in [0.1, 0.15) is 6.61 Å². The standard InChI is InChI=1S/C29H28ClN5O4/c30-22-6-9-26-24(15-22)25(33-35(26)27-3-1-2-11-38-27)18-32-28(36)21-14-20(16-31-17-21)13-19-4-7-23(8-5-19)34-10-12-39-29(34)37/h4-9,14-17,27H,1-3,10-13,18H2,(H,32,36). The molecule has 1 unspecified atom stereocenters. The van der Waals surface area contributed by atoms with E-state index >= 15 is 0 Å². The van der Waals surface area contributed by atoms with E-state index in [0.717, 1.165) is 52.7 Å². The molecular formula is C29H28ClN5O4. The third-order valence-electron chi connectivity index (χ3n) is 7.06. The molecule has 2 saturated heterocycles. The van der Waals surface area contributed by atoms with Crippen molar-refractivity contribution >= 4 is 40.2 Å². The quantitative estimate of drug-likeness (QED) is 0.340. The molecule has 39 heavy (non-hydrogen) atoms. The average Bonchev–Trinajstić information content (AvgIpc) is 3.56. The van der Waals surface area contributed by atoms with Crippen LogP contribution in [0, 0.1) is 0 Å². The molecule has 0 aliphatic carbocycles. The number of benzene rings is 2. The van der Waals surface area contributed by atoms with E-state index in [2.05, 4.69) is 10.3 Å². The van der Waals surface area contributed by atoms with Crippen LogP contribution in [0.25, 0.3) is 10.9 Å². The molecule has 2 aliphatic rings. The molecule has 4 aromatic rings. The summed E-state index contributed by atoms with van der Waals surface area (Å²) in [6.07, 6.45) is 6.52. The molecule has 0 radical (unpaired) electrons. The van der Waals surface area contributed by atoms with Crippen LogP contribution >= 0.6 is 11.6 Å². The van der Waals surface area contributed by atoms with Gasteiger partial charge in [0, 0.05) is 35.1 Å². The minimum Gasteiger partial charge on any atom is -0.447 e. The van der Waals surface area contributed by atoms with E-state index in [-0.39, 0.29) is 24.8 Å². The van der Waals surface area contributed by atoms with E-state index in [1.165, 1.54) is 0 Å². The second-order valence-corrected chi connectivity index (χ2v) is 10.2. The Kier molecular flexibility index (Phi) is 7.17. The third kappa shape index (κ3) is 5.46. The molecule has 0 saturated carbocycles. The number of ether oxygens (including phenoxy) is 2. The number of carbonyl (C=O) groups excluding carboxylic acids is 2. The Morgan fingerprint density at radius 2 is 1.92 bits per heavy atom. The first-order valence-corrected chi connectivity index (χ1v) is 13.5. The van der Waals surface area contributed by atoms with E-state index in [0.29, 0.717) is 36.8 Å². The predicted octanol–water partition coefficient (Wildman–Crippen LogP) is 5.26. The van der Waals surface area contributed by atoms with Gasteiger partial charge in [-0.3, -0.25) is 14.7 Å². The highest BCUT2D eigenvalue weighted by atomic mass is 35.5. The number of rotatable bonds is 7. The molecule has 1 N–H and O–H groups in total. The lowest BCUT2D eigenvalue weighted by atomic mass is 10.0. The van der Waals surface area contributed by atoms with E-state index in [1.807, 2.05) is 53.2 Å². The zero-order valence-corrected chi connectivity index (χ0v) is 22.1. The maximum Gasteiger partial charge on any atom is 0.414 e. The number of hydrogen-bond donors (Lipinski definition) is 1. The molecule has 2 amide bonds. The van der Waals surface area contributed by atoms with Gasteiger partial charge in [-0.2, -0.15) is 5.10 Å². The second-order valence-electron chi connectivity index (χ2n) is 9.75. The highest BCUT2D eigenvalue weighted by Crippen LogP contribution is 2.30. The lowest BCUT2D eigenvalue weighted by Crippen LogP contribution is -2.24. The molecule has 0 bridgehead atoms. The molecule has 2 fully saturated rings. The number of hydrogen-bond acceptors (Lipinski definition) is 6. The molecule has 2 aromatic carbocycles. The highest BCUT2D eigenvalue weighted by molar-refractivity contribution is 6.31. The fourth-order valence-corrected chi connectivity index (χ4v) is 5.25. The second kappa shape index (κ2) is 11.0. The van der Waals surface area contributed by atoms with Crippen molar-refractivity contribution in [3.8, 4) is 0 Å². The van der Waals surface area contributed by atoms with Gasteiger partial charge in [-0.05, 0) is 73.2 Å². The van der Waals surface area contributed by atoms with Crippen LogP contribution in [0.3, 0.4) is 0 Å². The van der Waals surface area contributed by atoms with E-state index < -0.39 is 0 Å². The van der Waals surface area contributed by atoms with Gasteiger partial charge < -0.3 is 14.8 Å². The van der Waals surface area contributed by atoms with Gasteiger partial charge in [0.05, 0.1) is 29.9 Å². The molecular weight excluding hydrogens is 518 g/mol. The Labute approximate surface area is 230 Å². The molecule has 9 nitrogen and oxygen atoms in total. The minimum absolute atomic E-state index is 0.119. The SMILES string of the molecule is O=C(NCc1nn(C2CCCCO2)c2ccc(Cl)cc12)c1cncc(Cc2ccc(N3CCOC3=O)cc2)c1. The van der Waals surface area contributed by atoms with Crippen LogP contribution in [-0.4, -0.2) is 46.5 Å². The Bertz CT molecular complexity index is 1510. The fourth-order valence-electron chi connectivity index (χ4n) is 5.08. The lowest BCUT2D eigenvalue weighted by molar-refractivity contribution is -0.0369. The Balaban J connectivity index is 1.14. The van der Waals surface area contributed by atoms with Crippen molar-refractivity contribution in [1.29, 1.82) is 0 Å². The Morgan fingerprint density at radius 3 is 2.69 bits per heavy atom. The number of halogens is 1. The van der Waals surface area contributed by atoms with E-state index in [9.17, 15) is 9.59 Å². The van der Waals surface area contributed by atoms with Crippen molar-refractivity contribution in [2.24, 2.45) is 0 Å². The van der Waals surface area contributed by atoms with E-state index in [1.54, 1.807) is 17.3 Å². The monoisotopic (exact) mass is 545 g/mol. The van der Waals surface area contributed by atoms with Gasteiger partial charge in [-0.15, -0.1) is 0 Å². The van der Waals surface area contributed by atoms with Crippen molar-refractivity contribution < 1.29 is 19.1 Å². The molecule has 6 rings (SSSR count). The summed E-state index contributed by atoms with van der Waals surface area (Å²) in [5, 5.41) is 9.31. The molecule has 4 heterocycles. The molecule has 2 aromatic heterocycles. The first kappa shape index (κ1) is 25.3. The van der Waals surface area contributed by atoms with E-state index in [4.69, 9.17) is 26.2 Å². The van der Waals surface area contributed by atoms with Crippen molar-refractivity contribution in [3.63, 3.8) is 0 Å². The number of fused-ring (bicyclic) bond motifs is 1. The van der Waals surface area contributed by atoms with Gasteiger partial charge >= 0.3 is 6.09 Å². The summed E-state index contributed by atoms with van der Waals surface area (Å²) in [5.41, 5.74) is 4.91. The zero-order chi connectivity index (χ0) is 26.8. The largest absolute Gasteiger partial charge is 0.447 e. The maximum absolute atomic E-state index is 13.1. The Hall–Kier alpha value is -3.95. The number of pyridine rings is 1. The number of aromatic nitrogens is 3. The summed E-state index contributed by atoms with van der Waals surface area (Å²) in [5.74, 6) is -0.231. The fraction of sp³-hybridized carbons (Fsp3) is 0.310. The van der Waals surface area contributed by atoms with Crippen LogP contribution < -0.4 is 10.2 Å². The summed E-state index contributed by atoms with van der Waals surface area (Å²) < 4.78 is 12.9. The number of amides is 2. The van der Waals surface area contributed by atoms with Crippen molar-refractivity contribution in [2.75, 3.05) is 24.7 Å². The number of nitrogens with one attached hydrogen (secondary N) is 1. The normalized spacial score (nSPS) is 17.4. The summed E-state index contributed by atoms with van der Waals surface area (Å²) in [7, 11) is 0. The van der Waals surface area contributed by atoms with Crippen molar-refractivity contribution in [1.82, 2.24) is 20.1 Å². The van der Waals surface area contributed by atoms with Gasteiger partial charge in [0.25, 0.3) is 5.91 Å². The first-order valence-electron chi connectivity index (χ1n) is 13.1. The topological polar surface area (TPSA) is 98.6 Å². The minimum atomic E-state index is -0.323. The molecule has 0 spiro atoms. The molecule has 2 aliphatic heterocycles. The number of carbonyl (C=O) groups is 2. The lowest BCUT2D eigenvalue weighted by Gasteiger charge is -2.23. The van der Waals surface area contributed by atoms with Crippen LogP contribution in [0.1, 0.15) is 52.7 Å². The maximum atomic E-state index is 13.1. The summed E-state index contributed by atoms with van der Waals surface area (Å²) in [6, 6.07) is 15.3. The first-order chi connectivity index (χ1) is 19.0. The summed E-state index contributed by atoms with van der Waals surface area (Å²) in [6.45, 7) is 1.92. The molecule has 1 atom stereocenters. The summed E-state index contributed by atoms with van der Waals surface area (Å²) >= 11 is 6.29. The number of anilines is 1. The van der Waals surface area contributed by atoms with Crippen LogP contribution in [0.2, 0.25) is 5.02 Å². The number of cyclic esters (lactones) is 1.